The lowest BCUT2D eigenvalue weighted by molar-refractivity contribution is -0.127. The van der Waals surface area contributed by atoms with Gasteiger partial charge in [-0.2, -0.15) is 0 Å². The van der Waals surface area contributed by atoms with Gasteiger partial charge in [0, 0.05) is 0 Å². The number of rotatable bonds is 1. The minimum absolute atomic E-state index is 0.110. The van der Waals surface area contributed by atoms with Crippen LogP contribution < -0.4 is 0 Å². The molecule has 0 radical (unpaired) electrons. The Bertz CT molecular complexity index is 297. The van der Waals surface area contributed by atoms with Crippen molar-refractivity contribution in [2.24, 2.45) is 0 Å². The first-order valence-corrected chi connectivity index (χ1v) is 4.27. The summed E-state index contributed by atoms with van der Waals surface area (Å²) >= 11 is 0. The monoisotopic (exact) mass is 182 g/mol. The Kier molecular flexibility index (Phi) is 2.28. The van der Waals surface area contributed by atoms with Crippen molar-refractivity contribution in [3.8, 4) is 0 Å². The summed E-state index contributed by atoms with van der Waals surface area (Å²) in [6, 6.07) is 0. The van der Waals surface area contributed by atoms with Crippen LogP contribution in [-0.2, 0) is 14.3 Å². The number of carbonyl (C=O) groups is 2. The van der Waals surface area contributed by atoms with Gasteiger partial charge in [0.1, 0.15) is 11.4 Å². The molecule has 0 N–H and O–H groups in total. The molecule has 3 nitrogen and oxygen atoms in total. The molecule has 1 aliphatic rings. The Morgan fingerprint density at radius 3 is 2.38 bits per heavy atom. The smallest absolute Gasteiger partial charge is 0.173 e. The lowest BCUT2D eigenvalue weighted by atomic mass is 9.92. The molecule has 1 heterocycles. The number of hydrogen-bond donors (Lipinski definition) is 0. The van der Waals surface area contributed by atoms with Gasteiger partial charge in [0.05, 0.1) is 12.0 Å². The number of ketones is 2. The van der Waals surface area contributed by atoms with E-state index in [0.29, 0.717) is 5.76 Å². The number of ether oxygens (including phenoxy) is 1. The fraction of sp³-hybridized carbons (Fsp3) is 0.600. The van der Waals surface area contributed by atoms with Crippen LogP contribution in [0.25, 0.3) is 0 Å². The maximum absolute atomic E-state index is 11.5. The molecule has 0 aromatic heterocycles. The summed E-state index contributed by atoms with van der Waals surface area (Å²) in [6.45, 7) is 6.73. The summed E-state index contributed by atoms with van der Waals surface area (Å²) < 4.78 is 5.46. The van der Waals surface area contributed by atoms with Crippen LogP contribution >= 0.6 is 0 Å². The molecule has 0 bridgehead atoms. The maximum Gasteiger partial charge on any atom is 0.173 e. The van der Waals surface area contributed by atoms with Crippen LogP contribution in [0.15, 0.2) is 11.3 Å². The van der Waals surface area contributed by atoms with Gasteiger partial charge < -0.3 is 4.74 Å². The average molecular weight is 182 g/mol. The van der Waals surface area contributed by atoms with Crippen LogP contribution in [0.5, 0.6) is 0 Å². The Morgan fingerprint density at radius 2 is 2.00 bits per heavy atom. The highest BCUT2D eigenvalue weighted by Crippen LogP contribution is 2.28. The van der Waals surface area contributed by atoms with E-state index in [0.717, 1.165) is 0 Å². The van der Waals surface area contributed by atoms with E-state index in [1.54, 1.807) is 6.92 Å². The van der Waals surface area contributed by atoms with Crippen LogP contribution in [0.3, 0.4) is 0 Å². The molecular formula is C10H14O3. The normalized spacial score (nSPS) is 21.4. The lowest BCUT2D eigenvalue weighted by Gasteiger charge is -2.31. The van der Waals surface area contributed by atoms with Crippen molar-refractivity contribution < 1.29 is 14.3 Å². The van der Waals surface area contributed by atoms with Crippen molar-refractivity contribution in [1.82, 2.24) is 0 Å². The Labute approximate surface area is 77.8 Å². The summed E-state index contributed by atoms with van der Waals surface area (Å²) in [5.74, 6) is 0.132. The van der Waals surface area contributed by atoms with Gasteiger partial charge in [-0.05, 0) is 27.7 Å². The molecule has 0 atom stereocenters. The van der Waals surface area contributed by atoms with E-state index in [1.807, 2.05) is 13.8 Å². The summed E-state index contributed by atoms with van der Waals surface area (Å²) in [6.07, 6.45) is 0.277. The molecule has 0 aliphatic carbocycles. The van der Waals surface area contributed by atoms with Gasteiger partial charge in [-0.15, -0.1) is 0 Å². The van der Waals surface area contributed by atoms with Gasteiger partial charge in [-0.1, -0.05) is 0 Å². The quantitative estimate of drug-likeness (QED) is 0.579. The zero-order valence-corrected chi connectivity index (χ0v) is 8.43. The van der Waals surface area contributed by atoms with Gasteiger partial charge in [-0.3, -0.25) is 9.59 Å². The molecule has 0 saturated heterocycles. The SMILES string of the molecule is CC(=O)C1=C(C)OC(C)(C)CC1=O. The highest BCUT2D eigenvalue weighted by molar-refractivity contribution is 6.20. The zero-order valence-electron chi connectivity index (χ0n) is 8.43. The number of hydrogen-bond acceptors (Lipinski definition) is 3. The molecule has 0 spiro atoms. The fourth-order valence-corrected chi connectivity index (χ4v) is 1.62. The number of carbonyl (C=O) groups excluding carboxylic acids is 2. The van der Waals surface area contributed by atoms with Crippen LogP contribution in [0, 0.1) is 0 Å². The number of Topliss-reactive ketones (excluding diaryl/α,β-unsaturated/α-hetero) is 2. The minimum Gasteiger partial charge on any atom is -0.491 e. The lowest BCUT2D eigenvalue weighted by Crippen LogP contribution is -2.34. The van der Waals surface area contributed by atoms with Crippen LogP contribution in [0.1, 0.15) is 34.1 Å². The molecular weight excluding hydrogens is 168 g/mol. The predicted octanol–water partition coefficient (Wildman–Crippen LogP) is 1.62. The third kappa shape index (κ3) is 1.97. The topological polar surface area (TPSA) is 43.4 Å². The highest BCUT2D eigenvalue weighted by Gasteiger charge is 2.34. The third-order valence-electron chi connectivity index (χ3n) is 2.00. The predicted molar refractivity (Wildman–Crippen MR) is 48.2 cm³/mol. The number of allylic oxidation sites excluding steroid dienone is 2. The largest absolute Gasteiger partial charge is 0.491 e. The Balaban J connectivity index is 3.09. The second-order valence-electron chi connectivity index (χ2n) is 3.95. The molecule has 13 heavy (non-hydrogen) atoms. The molecule has 1 rings (SSSR count). The second-order valence-corrected chi connectivity index (χ2v) is 3.95. The Morgan fingerprint density at radius 1 is 1.46 bits per heavy atom. The first-order valence-electron chi connectivity index (χ1n) is 4.27. The molecule has 72 valence electrons. The maximum atomic E-state index is 11.5. The van der Waals surface area contributed by atoms with Crippen molar-refractivity contribution in [3.05, 3.63) is 11.3 Å². The van der Waals surface area contributed by atoms with Gasteiger partial charge in [-0.25, -0.2) is 0 Å². The molecule has 0 aromatic carbocycles. The first-order chi connectivity index (χ1) is 5.83. The average Bonchev–Trinajstić information content (AvgIpc) is 1.78. The molecule has 0 amide bonds. The standard InChI is InChI=1S/C10H14O3/c1-6(11)9-7(2)13-10(3,4)5-8(9)12/h5H2,1-4H3. The first kappa shape index (κ1) is 9.96. The highest BCUT2D eigenvalue weighted by atomic mass is 16.5. The van der Waals surface area contributed by atoms with Crippen LogP contribution in [0.2, 0.25) is 0 Å². The minimum atomic E-state index is -0.472. The summed E-state index contributed by atoms with van der Waals surface area (Å²) in [5.41, 5.74) is -0.251. The molecule has 0 fully saturated rings. The summed E-state index contributed by atoms with van der Waals surface area (Å²) in [4.78, 5) is 22.6. The molecule has 3 heteroatoms. The summed E-state index contributed by atoms with van der Waals surface area (Å²) in [7, 11) is 0. The molecule has 0 aromatic rings. The third-order valence-corrected chi connectivity index (χ3v) is 2.00. The fourth-order valence-electron chi connectivity index (χ4n) is 1.62. The molecule has 0 saturated carbocycles. The van der Waals surface area contributed by atoms with Gasteiger partial charge >= 0.3 is 0 Å². The second kappa shape index (κ2) is 2.98. The van der Waals surface area contributed by atoms with E-state index in [4.69, 9.17) is 4.74 Å². The Hall–Kier alpha value is -1.12. The van der Waals surface area contributed by atoms with Crippen molar-refractivity contribution in [3.63, 3.8) is 0 Å². The van der Waals surface area contributed by atoms with Crippen molar-refractivity contribution in [1.29, 1.82) is 0 Å². The van der Waals surface area contributed by atoms with Gasteiger partial charge in [0.25, 0.3) is 0 Å². The zero-order chi connectivity index (χ0) is 10.2. The van der Waals surface area contributed by atoms with E-state index < -0.39 is 5.60 Å². The van der Waals surface area contributed by atoms with Crippen molar-refractivity contribution in [2.75, 3.05) is 0 Å². The van der Waals surface area contributed by atoms with Crippen molar-refractivity contribution >= 4 is 11.6 Å². The van der Waals surface area contributed by atoms with Gasteiger partial charge in [0.2, 0.25) is 0 Å². The van der Waals surface area contributed by atoms with Crippen LogP contribution in [-0.4, -0.2) is 17.2 Å². The van der Waals surface area contributed by atoms with E-state index in [1.165, 1.54) is 6.92 Å². The van der Waals surface area contributed by atoms with Crippen molar-refractivity contribution in [2.45, 2.75) is 39.7 Å². The van der Waals surface area contributed by atoms with E-state index in [-0.39, 0.29) is 23.6 Å². The van der Waals surface area contributed by atoms with Gasteiger partial charge in [0.15, 0.2) is 11.6 Å². The van der Waals surface area contributed by atoms with E-state index in [2.05, 4.69) is 0 Å². The van der Waals surface area contributed by atoms with E-state index in [9.17, 15) is 9.59 Å². The molecule has 1 aliphatic heterocycles. The molecule has 0 unspecified atom stereocenters. The van der Waals surface area contributed by atoms with Crippen LogP contribution in [0.4, 0.5) is 0 Å². The summed E-state index contributed by atoms with van der Waals surface area (Å²) in [5, 5.41) is 0. The van der Waals surface area contributed by atoms with E-state index >= 15 is 0 Å².